The van der Waals surface area contributed by atoms with Crippen molar-refractivity contribution >= 4 is 23.3 Å². The second kappa shape index (κ2) is 6.59. The van der Waals surface area contributed by atoms with E-state index in [1.807, 2.05) is 13.0 Å². The number of hydrogen-bond donors (Lipinski definition) is 1. The molecule has 0 unspecified atom stereocenters. The van der Waals surface area contributed by atoms with Crippen molar-refractivity contribution in [1.29, 1.82) is 0 Å². The van der Waals surface area contributed by atoms with Crippen LogP contribution in [0.4, 0.5) is 0 Å². The molecule has 4 aliphatic rings. The first kappa shape index (κ1) is 20.5. The van der Waals surface area contributed by atoms with Crippen molar-refractivity contribution in [3.05, 3.63) is 11.6 Å². The van der Waals surface area contributed by atoms with E-state index in [1.54, 1.807) is 0 Å². The molecule has 0 saturated heterocycles. The largest absolute Gasteiger partial charge is 0.458 e. The van der Waals surface area contributed by atoms with Crippen molar-refractivity contribution in [1.82, 2.24) is 0 Å². The standard InChI is InChI=1S/C23H30O6/c1-13(24)29-12-19(27)23(28)11-18(26)20-16-5-4-14-10-15(25)6-8-21(14,2)17(16)7-9-22(20,23)3/h10,16-17,20,28H,4-9,11-12H2,1-3H3/t16-,17+,20-,21+,22+,23+/m1/s1. The molecule has 1 N–H and O–H groups in total. The third kappa shape index (κ3) is 2.78. The van der Waals surface area contributed by atoms with Crippen LogP contribution in [0.2, 0.25) is 0 Å². The highest BCUT2D eigenvalue weighted by atomic mass is 16.5. The summed E-state index contributed by atoms with van der Waals surface area (Å²) < 4.78 is 4.85. The van der Waals surface area contributed by atoms with E-state index in [4.69, 9.17) is 4.74 Å². The lowest BCUT2D eigenvalue weighted by Gasteiger charge is -2.58. The van der Waals surface area contributed by atoms with Crippen LogP contribution in [0.3, 0.4) is 0 Å². The summed E-state index contributed by atoms with van der Waals surface area (Å²) in [5.41, 5.74) is -1.49. The Balaban J connectivity index is 1.66. The predicted molar refractivity (Wildman–Crippen MR) is 104 cm³/mol. The van der Waals surface area contributed by atoms with Crippen molar-refractivity contribution in [3.63, 3.8) is 0 Å². The van der Waals surface area contributed by atoms with Crippen molar-refractivity contribution in [2.75, 3.05) is 6.61 Å². The van der Waals surface area contributed by atoms with E-state index in [0.717, 1.165) is 25.7 Å². The van der Waals surface area contributed by atoms with Crippen molar-refractivity contribution in [2.24, 2.45) is 28.6 Å². The number of esters is 1. The van der Waals surface area contributed by atoms with Gasteiger partial charge in [-0.3, -0.25) is 19.2 Å². The molecule has 0 spiro atoms. The molecule has 3 saturated carbocycles. The van der Waals surface area contributed by atoms with Crippen LogP contribution >= 0.6 is 0 Å². The number of carbonyl (C=O) groups is 4. The van der Waals surface area contributed by atoms with E-state index in [0.29, 0.717) is 12.8 Å². The van der Waals surface area contributed by atoms with Gasteiger partial charge >= 0.3 is 5.97 Å². The third-order valence-electron chi connectivity index (χ3n) is 8.72. The Labute approximate surface area is 171 Å². The summed E-state index contributed by atoms with van der Waals surface area (Å²) in [6, 6.07) is 0. The van der Waals surface area contributed by atoms with Crippen LogP contribution in [0.5, 0.6) is 0 Å². The van der Waals surface area contributed by atoms with Crippen LogP contribution in [0.15, 0.2) is 11.6 Å². The van der Waals surface area contributed by atoms with Gasteiger partial charge in [0, 0.05) is 31.1 Å². The predicted octanol–water partition coefficient (Wildman–Crippen LogP) is 2.56. The topological polar surface area (TPSA) is 97.7 Å². The van der Waals surface area contributed by atoms with Gasteiger partial charge in [0.2, 0.25) is 5.78 Å². The van der Waals surface area contributed by atoms with Crippen LogP contribution in [-0.4, -0.2) is 40.6 Å². The van der Waals surface area contributed by atoms with E-state index >= 15 is 0 Å². The minimum atomic E-state index is -1.78. The second-order valence-corrected chi connectivity index (χ2v) is 10.0. The fourth-order valence-electron chi connectivity index (χ4n) is 7.09. The molecule has 0 bridgehead atoms. The molecule has 0 radical (unpaired) electrons. The van der Waals surface area contributed by atoms with Gasteiger partial charge in [-0.25, -0.2) is 0 Å². The van der Waals surface area contributed by atoms with Gasteiger partial charge in [0.1, 0.15) is 11.4 Å². The number of ketones is 3. The molecule has 0 amide bonds. The smallest absolute Gasteiger partial charge is 0.303 e. The zero-order chi connectivity index (χ0) is 21.2. The summed E-state index contributed by atoms with van der Waals surface area (Å²) in [5, 5.41) is 11.4. The first-order valence-electron chi connectivity index (χ1n) is 10.7. The number of hydrogen-bond acceptors (Lipinski definition) is 6. The minimum absolute atomic E-state index is 0.0520. The number of ether oxygens (including phenoxy) is 1. The van der Waals surface area contributed by atoms with Crippen LogP contribution in [0.25, 0.3) is 0 Å². The van der Waals surface area contributed by atoms with Gasteiger partial charge in [0.05, 0.1) is 0 Å². The molecule has 0 aromatic heterocycles. The number of Topliss-reactive ketones (excluding diaryl/α,β-unsaturated/α-hetero) is 2. The number of allylic oxidation sites excluding steroid dienone is 1. The van der Waals surface area contributed by atoms with Gasteiger partial charge < -0.3 is 9.84 Å². The van der Waals surface area contributed by atoms with Crippen molar-refractivity contribution in [3.8, 4) is 0 Å². The summed E-state index contributed by atoms with van der Waals surface area (Å²) >= 11 is 0. The maximum atomic E-state index is 13.2. The average molecular weight is 402 g/mol. The van der Waals surface area contributed by atoms with E-state index in [-0.39, 0.29) is 41.2 Å². The molecule has 6 heteroatoms. The molecule has 0 aromatic rings. The molecule has 29 heavy (non-hydrogen) atoms. The molecule has 3 fully saturated rings. The molecule has 4 rings (SSSR count). The molecule has 6 nitrogen and oxygen atoms in total. The Hall–Kier alpha value is -1.82. The SMILES string of the molecule is CC(=O)OCC(=O)[C@@]1(O)CC(=O)[C@H]2[C@@H]3CCC4=CC(=O)CC[C@]4(C)[C@H]3CC[C@@]21C. The molecule has 0 heterocycles. The first-order valence-corrected chi connectivity index (χ1v) is 10.7. The molecule has 6 atom stereocenters. The van der Waals surface area contributed by atoms with Crippen LogP contribution < -0.4 is 0 Å². The summed E-state index contributed by atoms with van der Waals surface area (Å²) in [4.78, 5) is 49.1. The van der Waals surface area contributed by atoms with Crippen molar-refractivity contribution in [2.45, 2.75) is 71.3 Å². The molecular weight excluding hydrogens is 372 g/mol. The van der Waals surface area contributed by atoms with Gasteiger partial charge in [-0.1, -0.05) is 19.4 Å². The lowest BCUT2D eigenvalue weighted by molar-refractivity contribution is -0.169. The quantitative estimate of drug-likeness (QED) is 0.729. The number of carbonyl (C=O) groups excluding carboxylic acids is 4. The minimum Gasteiger partial charge on any atom is -0.458 e. The Bertz CT molecular complexity index is 827. The van der Waals surface area contributed by atoms with Crippen LogP contribution in [0.1, 0.15) is 65.7 Å². The van der Waals surface area contributed by atoms with Crippen LogP contribution in [-0.2, 0) is 23.9 Å². The zero-order valence-corrected chi connectivity index (χ0v) is 17.5. The third-order valence-corrected chi connectivity index (χ3v) is 8.72. The summed E-state index contributed by atoms with van der Waals surface area (Å²) in [7, 11) is 0. The first-order chi connectivity index (χ1) is 13.5. The lowest BCUT2D eigenvalue weighted by atomic mass is 9.46. The van der Waals surface area contributed by atoms with Gasteiger partial charge in [0.15, 0.2) is 12.4 Å². The lowest BCUT2D eigenvalue weighted by Crippen LogP contribution is -2.58. The zero-order valence-electron chi connectivity index (χ0n) is 17.5. The summed E-state index contributed by atoms with van der Waals surface area (Å²) in [6.07, 6.45) is 5.97. The highest BCUT2D eigenvalue weighted by Gasteiger charge is 2.69. The van der Waals surface area contributed by atoms with E-state index in [2.05, 4.69) is 6.92 Å². The van der Waals surface area contributed by atoms with Crippen molar-refractivity contribution < 1.29 is 29.0 Å². The molecule has 4 aliphatic carbocycles. The number of aliphatic hydroxyl groups is 1. The highest BCUT2D eigenvalue weighted by Crippen LogP contribution is 2.66. The van der Waals surface area contributed by atoms with Gasteiger partial charge in [-0.2, -0.15) is 0 Å². The highest BCUT2D eigenvalue weighted by molar-refractivity contribution is 6.00. The maximum Gasteiger partial charge on any atom is 0.303 e. The number of fused-ring (bicyclic) bond motifs is 5. The van der Waals surface area contributed by atoms with Gasteiger partial charge in [0.25, 0.3) is 0 Å². The summed E-state index contributed by atoms with van der Waals surface area (Å²) in [5.74, 6) is -1.000. The van der Waals surface area contributed by atoms with E-state index < -0.39 is 29.4 Å². The fourth-order valence-corrected chi connectivity index (χ4v) is 7.09. The monoisotopic (exact) mass is 402 g/mol. The average Bonchev–Trinajstić information content (AvgIpc) is 2.87. The molecular formula is C23H30O6. The number of rotatable bonds is 3. The fraction of sp³-hybridized carbons (Fsp3) is 0.739. The maximum absolute atomic E-state index is 13.2. The molecule has 0 aliphatic heterocycles. The Kier molecular flexibility index (Phi) is 4.65. The Morgan fingerprint density at radius 2 is 1.90 bits per heavy atom. The molecule has 158 valence electrons. The normalized spacial score (nSPS) is 43.7. The Morgan fingerprint density at radius 3 is 2.59 bits per heavy atom. The second-order valence-electron chi connectivity index (χ2n) is 10.0. The van der Waals surface area contributed by atoms with E-state index in [1.165, 1.54) is 12.5 Å². The summed E-state index contributed by atoms with van der Waals surface area (Å²) in [6.45, 7) is 4.81. The van der Waals surface area contributed by atoms with E-state index in [9.17, 15) is 24.3 Å². The Morgan fingerprint density at radius 1 is 1.17 bits per heavy atom. The molecule has 0 aromatic carbocycles. The van der Waals surface area contributed by atoms with Crippen LogP contribution in [0, 0.1) is 28.6 Å². The van der Waals surface area contributed by atoms with Gasteiger partial charge in [-0.15, -0.1) is 0 Å². The van der Waals surface area contributed by atoms with Gasteiger partial charge in [-0.05, 0) is 55.4 Å².